The molecule has 8 atom stereocenters. The first-order valence-corrected chi connectivity index (χ1v) is 26.8. The van der Waals surface area contributed by atoms with Gasteiger partial charge in [-0.3, -0.25) is 27.7 Å². The van der Waals surface area contributed by atoms with Crippen LogP contribution in [0.25, 0.3) is 0 Å². The summed E-state index contributed by atoms with van der Waals surface area (Å²) < 4.78 is 63.4. The number of rotatable bonds is 29. The number of carbonyl (C=O) groups is 2. The lowest BCUT2D eigenvalue weighted by molar-refractivity contribution is -0.213. The van der Waals surface area contributed by atoms with Crippen LogP contribution < -0.4 is 0 Å². The minimum Gasteiger partial charge on any atom is -0.457 e. The summed E-state index contributed by atoms with van der Waals surface area (Å²) in [4.78, 5) is 70.2. The summed E-state index contributed by atoms with van der Waals surface area (Å²) in [6.07, 6.45) is -0.377. The van der Waals surface area contributed by atoms with Gasteiger partial charge in [0.2, 0.25) is 5.12 Å². The number of thioether (sulfide) groups is 1. The Kier molecular flexibility index (Phi) is 36.1. The topological polar surface area (TPSA) is 323 Å². The van der Waals surface area contributed by atoms with Crippen LogP contribution in [-0.4, -0.2) is 119 Å². The van der Waals surface area contributed by atoms with E-state index in [9.17, 15) is 43.5 Å². The van der Waals surface area contributed by atoms with Gasteiger partial charge in [-0.05, 0) is 84.2 Å². The Morgan fingerprint density at radius 2 is 1.00 bits per heavy atom. The molecule has 67 heavy (non-hydrogen) atoms. The quantitative estimate of drug-likeness (QED) is 0.0124. The zero-order valence-corrected chi connectivity index (χ0v) is 41.2. The molecule has 0 aliphatic heterocycles. The molecule has 24 heteroatoms. The SMILES string of the molecule is CC#CC#CC#CC#CC#CC#CSC(=O)CCC.CCCCCCCCCCCCCCCC(=O)O[C@H](COCO)COP(=O)(O)OC1C(O)[C@H](OP(=O)(O)O)C(O)C(OP(=O)(O)O)[C@@H]1O.[HH].[HH].[HH].[HH].[HH].[HH].[HH].[HH].[HH].[HH].[HH]. The molecule has 0 aromatic heterocycles. The molecule has 0 aromatic carbocycles. The van der Waals surface area contributed by atoms with Gasteiger partial charge < -0.3 is 54.4 Å². The first-order valence-electron chi connectivity index (χ1n) is 21.4. The average Bonchev–Trinajstić information content (AvgIpc) is 3.25. The lowest BCUT2D eigenvalue weighted by Crippen LogP contribution is -2.65. The highest BCUT2D eigenvalue weighted by Gasteiger charge is 2.56. The molecule has 5 unspecified atom stereocenters. The van der Waals surface area contributed by atoms with Gasteiger partial charge in [-0.2, -0.15) is 0 Å². The summed E-state index contributed by atoms with van der Waals surface area (Å²) >= 11 is 0.971. The molecule has 1 aliphatic rings. The van der Waals surface area contributed by atoms with Crippen LogP contribution in [0.3, 0.4) is 0 Å². The number of aliphatic hydroxyl groups is 4. The maximum absolute atomic E-state index is 12.7. The molecular formula is C43H85O20P3S. The smallest absolute Gasteiger partial charge is 0.457 e. The van der Waals surface area contributed by atoms with Crippen molar-refractivity contribution in [2.75, 3.05) is 20.0 Å². The van der Waals surface area contributed by atoms with Gasteiger partial charge in [-0.25, -0.2) is 13.7 Å². The van der Waals surface area contributed by atoms with Gasteiger partial charge >= 0.3 is 29.4 Å². The van der Waals surface area contributed by atoms with Crippen molar-refractivity contribution in [1.29, 1.82) is 0 Å². The second kappa shape index (κ2) is 37.8. The fourth-order valence-electron chi connectivity index (χ4n) is 5.73. The Hall–Kier alpha value is -3.02. The number of hydrogen-bond donors (Lipinski definition) is 9. The Labute approximate surface area is 413 Å². The van der Waals surface area contributed by atoms with E-state index < -0.39 is 92.2 Å². The highest BCUT2D eigenvalue weighted by molar-refractivity contribution is 8.17. The number of carbonyl (C=O) groups excluding carboxylic acids is 2. The Bertz CT molecular complexity index is 2010. The van der Waals surface area contributed by atoms with Crippen LogP contribution >= 0.6 is 35.2 Å². The summed E-state index contributed by atoms with van der Waals surface area (Å²) in [6.45, 7) is 3.67. The van der Waals surface area contributed by atoms with E-state index in [0.717, 1.165) is 43.9 Å². The molecule has 0 aromatic rings. The molecule has 0 bridgehead atoms. The second-order valence-corrected chi connectivity index (χ2v) is 19.0. The maximum atomic E-state index is 12.7. The first kappa shape index (κ1) is 64.0. The number of hydrogen-bond acceptors (Lipinski definition) is 16. The maximum Gasteiger partial charge on any atom is 0.472 e. The third-order valence-electron chi connectivity index (χ3n) is 8.75. The van der Waals surface area contributed by atoms with Crippen molar-refractivity contribution < 1.29 is 111 Å². The van der Waals surface area contributed by atoms with E-state index in [4.69, 9.17) is 43.2 Å². The summed E-state index contributed by atoms with van der Waals surface area (Å²) in [5.74, 6) is 27.1. The molecular weight excluding hydrogens is 961 g/mol. The minimum absolute atomic E-state index is 0. The van der Waals surface area contributed by atoms with Gasteiger partial charge in [-0.1, -0.05) is 96.8 Å². The van der Waals surface area contributed by atoms with E-state index in [0.29, 0.717) is 12.8 Å². The van der Waals surface area contributed by atoms with E-state index in [1.54, 1.807) is 6.92 Å². The molecule has 0 heterocycles. The van der Waals surface area contributed by atoms with Crippen LogP contribution in [0.5, 0.6) is 0 Å². The number of phosphoric ester groups is 3. The van der Waals surface area contributed by atoms with E-state index in [2.05, 4.69) is 86.3 Å². The zero-order valence-electron chi connectivity index (χ0n) is 37.7. The molecule has 0 spiro atoms. The van der Waals surface area contributed by atoms with E-state index in [-0.39, 0.29) is 27.2 Å². The lowest BCUT2D eigenvalue weighted by atomic mass is 9.85. The summed E-state index contributed by atoms with van der Waals surface area (Å²) in [5, 5.41) is 42.9. The van der Waals surface area contributed by atoms with Crippen LogP contribution in [-0.2, 0) is 50.9 Å². The Morgan fingerprint density at radius 3 is 1.42 bits per heavy atom. The summed E-state index contributed by atoms with van der Waals surface area (Å²) in [5.41, 5.74) is 0. The Balaban J connectivity index is -0.000000126. The third kappa shape index (κ3) is 34.8. The number of phosphoric acid groups is 3. The highest BCUT2D eigenvalue weighted by atomic mass is 32.2. The van der Waals surface area contributed by atoms with Gasteiger partial charge in [0.1, 0.15) is 49.5 Å². The molecule has 1 aliphatic carbocycles. The van der Waals surface area contributed by atoms with Crippen molar-refractivity contribution in [3.63, 3.8) is 0 Å². The molecule has 0 amide bonds. The van der Waals surface area contributed by atoms with E-state index in [1.807, 2.05) is 6.92 Å². The lowest BCUT2D eigenvalue weighted by Gasteiger charge is -2.44. The number of ether oxygens (including phenoxy) is 2. The largest absolute Gasteiger partial charge is 0.472 e. The molecule has 398 valence electrons. The minimum atomic E-state index is -5.51. The van der Waals surface area contributed by atoms with Crippen molar-refractivity contribution in [3.8, 4) is 70.4 Å². The molecule has 1 fully saturated rings. The number of esters is 1. The Morgan fingerprint density at radius 1 is 0.582 bits per heavy atom. The molecule has 1 saturated carbocycles. The van der Waals surface area contributed by atoms with Gasteiger partial charge in [0, 0.05) is 40.3 Å². The molecule has 0 saturated heterocycles. The normalized spacial score (nSPS) is 19.9. The fraction of sp³-hybridized carbons (Fsp3) is 0.674. The van der Waals surface area contributed by atoms with E-state index >= 15 is 0 Å². The first-order chi connectivity index (χ1) is 31.7. The standard InChI is InChI=1S/C26H53O19P3.C17H10OS.11H2/c1-2-3-4-5-6-7-8-9-10-11-12-13-14-15-20(28)42-19(16-40-18-27)17-41-48(38,39)45-26-22(30)24(43-46(32,33)34)21(29)25(23(26)31)44-47(35,36)37;1-3-5-6-7-8-9-10-11-12-13-14-16-19-17(18)15-4-2;;;;;;;;;;;/h19,21-27,29-31H,2-18H2,1H3,(H,38,39)(H2,32,33,34)(H2,35,36,37);4,15H2,1-2H3;11*1H/t19-,21?,22+,23?,24?,25-,26?;;;;;;;;;;;;/m1............/s1. The predicted octanol–water partition coefficient (Wildman–Crippen LogP) is 6.65. The molecule has 9 N–H and O–H groups in total. The second-order valence-electron chi connectivity index (χ2n) is 14.4. The highest BCUT2D eigenvalue weighted by Crippen LogP contribution is 2.51. The van der Waals surface area contributed by atoms with Crippen molar-refractivity contribution in [2.45, 2.75) is 166 Å². The van der Waals surface area contributed by atoms with Gasteiger partial charge in [-0.15, -0.1) is 0 Å². The molecule has 0 radical (unpaired) electrons. The van der Waals surface area contributed by atoms with Gasteiger partial charge in [0.15, 0.2) is 0 Å². The van der Waals surface area contributed by atoms with Crippen molar-refractivity contribution in [1.82, 2.24) is 0 Å². The van der Waals surface area contributed by atoms with Crippen LogP contribution in [0, 0.1) is 70.4 Å². The third-order valence-corrected chi connectivity index (χ3v) is 11.4. The summed E-state index contributed by atoms with van der Waals surface area (Å²) in [6, 6.07) is 0. The van der Waals surface area contributed by atoms with Gasteiger partial charge in [0.05, 0.1) is 13.2 Å². The monoisotopic (exact) mass is 1050 g/mol. The van der Waals surface area contributed by atoms with Crippen LogP contribution in [0.2, 0.25) is 0 Å². The van der Waals surface area contributed by atoms with Crippen LogP contribution in [0.1, 0.15) is 139 Å². The molecule has 1 rings (SSSR count). The predicted molar refractivity (Wildman–Crippen MR) is 269 cm³/mol. The summed E-state index contributed by atoms with van der Waals surface area (Å²) in [7, 11) is -16.4. The van der Waals surface area contributed by atoms with Crippen molar-refractivity contribution in [3.05, 3.63) is 0 Å². The van der Waals surface area contributed by atoms with Crippen molar-refractivity contribution in [2.24, 2.45) is 0 Å². The number of aliphatic hydroxyl groups excluding tert-OH is 4. The zero-order chi connectivity index (χ0) is 50.6. The fourth-order valence-corrected chi connectivity index (χ4v) is 8.36. The molecule has 20 nitrogen and oxygen atoms in total. The van der Waals surface area contributed by atoms with Crippen LogP contribution in [0.4, 0.5) is 0 Å². The van der Waals surface area contributed by atoms with Crippen LogP contribution in [0.15, 0.2) is 0 Å². The van der Waals surface area contributed by atoms with Crippen molar-refractivity contribution >= 4 is 46.3 Å². The van der Waals surface area contributed by atoms with E-state index in [1.165, 1.54) is 51.4 Å². The number of unbranched alkanes of at least 4 members (excludes halogenated alkanes) is 12. The average molecular weight is 1050 g/mol. The van der Waals surface area contributed by atoms with Gasteiger partial charge in [0.25, 0.3) is 0 Å².